The van der Waals surface area contributed by atoms with Crippen LogP contribution in [0.2, 0.25) is 0 Å². The highest BCUT2D eigenvalue weighted by atomic mass is 15.3. The van der Waals surface area contributed by atoms with Crippen LogP contribution in [0.3, 0.4) is 0 Å². The van der Waals surface area contributed by atoms with E-state index in [0.29, 0.717) is 5.82 Å². The Morgan fingerprint density at radius 3 is 2.54 bits per heavy atom. The van der Waals surface area contributed by atoms with E-state index in [1.165, 1.54) is 16.8 Å². The van der Waals surface area contributed by atoms with Crippen LogP contribution in [0.15, 0.2) is 48.5 Å². The summed E-state index contributed by atoms with van der Waals surface area (Å²) in [5, 5.41) is 10.3. The largest absolute Gasteiger partial charge is 0.382 e. The summed E-state index contributed by atoms with van der Waals surface area (Å²) in [5.74, 6) is 0.509. The molecule has 0 aliphatic carbocycles. The van der Waals surface area contributed by atoms with Crippen molar-refractivity contribution in [2.24, 2.45) is 0 Å². The third kappa shape index (κ3) is 3.45. The van der Waals surface area contributed by atoms with Crippen LogP contribution in [-0.2, 0) is 19.5 Å². The highest BCUT2D eigenvalue weighted by Gasteiger charge is 2.18. The molecule has 0 bridgehead atoms. The van der Waals surface area contributed by atoms with Crippen molar-refractivity contribution in [3.63, 3.8) is 0 Å². The molecule has 4 rings (SSSR count). The van der Waals surface area contributed by atoms with Crippen molar-refractivity contribution in [1.82, 2.24) is 20.1 Å². The zero-order chi connectivity index (χ0) is 19.5. The Morgan fingerprint density at radius 2 is 1.79 bits per heavy atom. The normalized spacial score (nSPS) is 11.5. The van der Waals surface area contributed by atoms with Crippen LogP contribution in [0.4, 0.5) is 5.82 Å². The Bertz CT molecular complexity index is 1100. The summed E-state index contributed by atoms with van der Waals surface area (Å²) < 4.78 is 2.14. The number of unbranched alkanes of at least 4 members (excludes halogenated alkanes) is 1. The smallest absolute Gasteiger partial charge is 0.152 e. The summed E-state index contributed by atoms with van der Waals surface area (Å²) in [6.07, 6.45) is 3.05. The van der Waals surface area contributed by atoms with Crippen molar-refractivity contribution in [3.05, 3.63) is 65.4 Å². The zero-order valence-corrected chi connectivity index (χ0v) is 16.6. The number of rotatable bonds is 7. The number of hydrogen-bond donors (Lipinski definition) is 2. The molecule has 0 aliphatic heterocycles. The molecule has 0 atom stereocenters. The van der Waals surface area contributed by atoms with Crippen molar-refractivity contribution in [1.29, 1.82) is 0 Å². The maximum atomic E-state index is 6.29. The lowest BCUT2D eigenvalue weighted by Crippen LogP contribution is -2.07. The minimum absolute atomic E-state index is 0.509. The second-order valence-electron chi connectivity index (χ2n) is 7.28. The number of aromatic nitrogens is 3. The summed E-state index contributed by atoms with van der Waals surface area (Å²) in [7, 11) is 1.97. The number of nitrogens with one attached hydrogen (secondary N) is 1. The topological polar surface area (TPSA) is 68.8 Å². The zero-order valence-electron chi connectivity index (χ0n) is 16.6. The molecule has 28 heavy (non-hydrogen) atoms. The van der Waals surface area contributed by atoms with Gasteiger partial charge in [-0.2, -0.15) is 5.10 Å². The standard InChI is InChI=1S/C23H27N5/c1-3-4-13-28-20(14-16-9-11-17(12-10-16)15-25-2)21-18-7-5-6-8-19(18)26-23(24)22(21)27-28/h5-12,25H,3-4,13-15H2,1-2H3,(H2,24,26). The Labute approximate surface area is 165 Å². The number of aryl methyl sites for hydroxylation is 1. The molecule has 144 valence electrons. The van der Waals surface area contributed by atoms with E-state index in [0.717, 1.165) is 54.2 Å². The molecule has 2 aromatic heterocycles. The SMILES string of the molecule is CCCCn1nc2c(N)nc3ccccc3c2c1Cc1ccc(CNC)cc1. The van der Waals surface area contributed by atoms with E-state index in [1.807, 2.05) is 19.2 Å². The molecule has 0 saturated heterocycles. The molecule has 0 fully saturated rings. The van der Waals surface area contributed by atoms with Crippen molar-refractivity contribution < 1.29 is 0 Å². The Morgan fingerprint density at radius 1 is 1.04 bits per heavy atom. The Hall–Kier alpha value is -2.92. The number of nitrogen functional groups attached to an aromatic ring is 1. The first-order chi connectivity index (χ1) is 13.7. The summed E-state index contributed by atoms with van der Waals surface area (Å²) in [4.78, 5) is 4.57. The van der Waals surface area contributed by atoms with E-state index in [1.54, 1.807) is 0 Å². The van der Waals surface area contributed by atoms with Crippen LogP contribution in [-0.4, -0.2) is 21.8 Å². The van der Waals surface area contributed by atoms with Crippen molar-refractivity contribution >= 4 is 27.6 Å². The maximum Gasteiger partial charge on any atom is 0.152 e. The van der Waals surface area contributed by atoms with Gasteiger partial charge < -0.3 is 11.1 Å². The van der Waals surface area contributed by atoms with Gasteiger partial charge in [-0.15, -0.1) is 0 Å². The summed E-state index contributed by atoms with van der Waals surface area (Å²) in [6.45, 7) is 3.98. The van der Waals surface area contributed by atoms with Crippen LogP contribution in [0.5, 0.6) is 0 Å². The molecule has 4 aromatic rings. The number of nitrogens with zero attached hydrogens (tertiary/aromatic N) is 3. The van der Waals surface area contributed by atoms with Crippen molar-refractivity contribution in [2.75, 3.05) is 12.8 Å². The van der Waals surface area contributed by atoms with Gasteiger partial charge in [0.15, 0.2) is 5.82 Å². The molecule has 2 heterocycles. The quantitative estimate of drug-likeness (QED) is 0.507. The fourth-order valence-electron chi connectivity index (χ4n) is 3.77. The highest BCUT2D eigenvalue weighted by molar-refractivity contribution is 6.09. The lowest BCUT2D eigenvalue weighted by molar-refractivity contribution is 0.558. The molecule has 5 nitrogen and oxygen atoms in total. The van der Waals surface area contributed by atoms with E-state index >= 15 is 0 Å². The molecule has 0 amide bonds. The van der Waals surface area contributed by atoms with E-state index in [-0.39, 0.29) is 0 Å². The van der Waals surface area contributed by atoms with Gasteiger partial charge in [0.25, 0.3) is 0 Å². The van der Waals surface area contributed by atoms with Gasteiger partial charge in [-0.1, -0.05) is 55.8 Å². The summed E-state index contributed by atoms with van der Waals surface area (Å²) in [6, 6.07) is 17.0. The number of pyridine rings is 1. The monoisotopic (exact) mass is 373 g/mol. The number of fused-ring (bicyclic) bond motifs is 3. The fourth-order valence-corrected chi connectivity index (χ4v) is 3.77. The van der Waals surface area contributed by atoms with Crippen LogP contribution < -0.4 is 11.1 Å². The first-order valence-electron chi connectivity index (χ1n) is 9.97. The third-order valence-corrected chi connectivity index (χ3v) is 5.21. The average molecular weight is 374 g/mol. The Kier molecular flexibility index (Phi) is 5.26. The van der Waals surface area contributed by atoms with Crippen molar-refractivity contribution in [2.45, 2.75) is 39.3 Å². The number of benzene rings is 2. The van der Waals surface area contributed by atoms with Gasteiger partial charge in [-0.05, 0) is 30.7 Å². The molecular formula is C23H27N5. The average Bonchev–Trinajstić information content (AvgIpc) is 3.07. The first kappa shape index (κ1) is 18.4. The first-order valence-corrected chi connectivity index (χ1v) is 9.97. The van der Waals surface area contributed by atoms with Gasteiger partial charge >= 0.3 is 0 Å². The number of hydrogen-bond acceptors (Lipinski definition) is 4. The molecule has 0 radical (unpaired) electrons. The fraction of sp³-hybridized carbons (Fsp3) is 0.304. The van der Waals surface area contributed by atoms with Gasteiger partial charge in [-0.25, -0.2) is 4.98 Å². The number of para-hydroxylation sites is 1. The lowest BCUT2D eigenvalue weighted by atomic mass is 10.0. The molecule has 0 aliphatic rings. The summed E-state index contributed by atoms with van der Waals surface area (Å²) in [5.41, 5.74) is 11.8. The third-order valence-electron chi connectivity index (χ3n) is 5.21. The van der Waals surface area contributed by atoms with Gasteiger partial charge in [0, 0.05) is 30.3 Å². The minimum Gasteiger partial charge on any atom is -0.382 e. The van der Waals surface area contributed by atoms with Crippen molar-refractivity contribution in [3.8, 4) is 0 Å². The summed E-state index contributed by atoms with van der Waals surface area (Å²) >= 11 is 0. The molecular weight excluding hydrogens is 346 g/mol. The van der Waals surface area contributed by atoms with Gasteiger partial charge in [0.2, 0.25) is 0 Å². The van der Waals surface area contributed by atoms with Crippen LogP contribution in [0.1, 0.15) is 36.6 Å². The number of anilines is 1. The molecule has 3 N–H and O–H groups in total. The minimum atomic E-state index is 0.509. The second-order valence-corrected chi connectivity index (χ2v) is 7.28. The van der Waals surface area contributed by atoms with Gasteiger partial charge in [0.05, 0.1) is 11.2 Å². The van der Waals surface area contributed by atoms with Gasteiger partial charge in [-0.3, -0.25) is 4.68 Å². The highest BCUT2D eigenvalue weighted by Crippen LogP contribution is 2.31. The van der Waals surface area contributed by atoms with E-state index in [4.69, 9.17) is 10.8 Å². The number of nitrogens with two attached hydrogens (primary N) is 1. The molecule has 0 saturated carbocycles. The molecule has 0 spiro atoms. The van der Waals surface area contributed by atoms with E-state index in [2.05, 4.69) is 58.3 Å². The maximum absolute atomic E-state index is 6.29. The van der Waals surface area contributed by atoms with Crippen LogP contribution >= 0.6 is 0 Å². The van der Waals surface area contributed by atoms with Gasteiger partial charge in [0.1, 0.15) is 5.52 Å². The lowest BCUT2D eigenvalue weighted by Gasteiger charge is -2.09. The molecule has 2 aromatic carbocycles. The van der Waals surface area contributed by atoms with Crippen LogP contribution in [0.25, 0.3) is 21.8 Å². The molecule has 0 unspecified atom stereocenters. The predicted molar refractivity (Wildman–Crippen MR) is 116 cm³/mol. The van der Waals surface area contributed by atoms with E-state index in [9.17, 15) is 0 Å². The predicted octanol–water partition coefficient (Wildman–Crippen LogP) is 4.28. The second kappa shape index (κ2) is 7.98. The molecule has 5 heteroatoms. The Balaban J connectivity index is 1.86. The van der Waals surface area contributed by atoms with E-state index < -0.39 is 0 Å². The van der Waals surface area contributed by atoms with Crippen LogP contribution in [0, 0.1) is 0 Å².